The maximum absolute atomic E-state index is 11.2. The van der Waals surface area contributed by atoms with E-state index < -0.39 is 17.9 Å². The predicted molar refractivity (Wildman–Crippen MR) is 61.8 cm³/mol. The Morgan fingerprint density at radius 2 is 1.94 bits per heavy atom. The summed E-state index contributed by atoms with van der Waals surface area (Å²) in [5.41, 5.74) is -0.320. The van der Waals surface area contributed by atoms with Crippen LogP contribution < -0.4 is 5.32 Å². The number of hydrogen-bond donors (Lipinski definition) is 2. The van der Waals surface area contributed by atoms with Gasteiger partial charge in [0.1, 0.15) is 12.6 Å². The van der Waals surface area contributed by atoms with E-state index in [1.165, 1.54) is 7.11 Å². The van der Waals surface area contributed by atoms with Crippen LogP contribution in [0.1, 0.15) is 27.2 Å². The van der Waals surface area contributed by atoms with Crippen LogP contribution >= 0.6 is 0 Å². The number of methoxy groups -OCH3 is 1. The number of carbonyl (C=O) groups is 2. The summed E-state index contributed by atoms with van der Waals surface area (Å²) in [6.45, 7) is 5.77. The van der Waals surface area contributed by atoms with Crippen molar-refractivity contribution in [1.82, 2.24) is 5.32 Å². The molecule has 0 heterocycles. The molecule has 1 amide bonds. The summed E-state index contributed by atoms with van der Waals surface area (Å²) < 4.78 is 10.0. The van der Waals surface area contributed by atoms with Crippen molar-refractivity contribution in [3.63, 3.8) is 0 Å². The van der Waals surface area contributed by atoms with Gasteiger partial charge in [-0.2, -0.15) is 0 Å². The molecular formula is C11H21NO5. The number of nitrogens with one attached hydrogen (secondary N) is 1. The third-order valence-corrected chi connectivity index (χ3v) is 1.85. The van der Waals surface area contributed by atoms with Gasteiger partial charge < -0.3 is 19.9 Å². The fraction of sp³-hybridized carbons (Fsp3) is 0.818. The first-order valence-electron chi connectivity index (χ1n) is 5.41. The van der Waals surface area contributed by atoms with E-state index in [0.717, 1.165) is 0 Å². The van der Waals surface area contributed by atoms with Gasteiger partial charge in [-0.05, 0) is 20.8 Å². The van der Waals surface area contributed by atoms with Crippen molar-refractivity contribution < 1.29 is 24.2 Å². The van der Waals surface area contributed by atoms with E-state index in [9.17, 15) is 9.59 Å². The van der Waals surface area contributed by atoms with Crippen LogP contribution in [0.25, 0.3) is 0 Å². The minimum Gasteiger partial charge on any atom is -0.480 e. The second-order valence-corrected chi connectivity index (χ2v) is 4.64. The van der Waals surface area contributed by atoms with Gasteiger partial charge in [0.25, 0.3) is 0 Å². The highest BCUT2D eigenvalue weighted by Crippen LogP contribution is 2.07. The van der Waals surface area contributed by atoms with E-state index in [1.807, 2.05) is 20.8 Å². The molecule has 2 N–H and O–H groups in total. The molecule has 1 atom stereocenters. The summed E-state index contributed by atoms with van der Waals surface area (Å²) in [6.07, 6.45) is 0.224. The van der Waals surface area contributed by atoms with Crippen LogP contribution in [-0.2, 0) is 19.1 Å². The summed E-state index contributed by atoms with van der Waals surface area (Å²) >= 11 is 0. The SMILES string of the molecule is COCC(=O)NC(CCOC(C)(C)C)C(=O)O. The van der Waals surface area contributed by atoms with Crippen LogP contribution in [0.3, 0.4) is 0 Å². The lowest BCUT2D eigenvalue weighted by atomic mass is 10.2. The van der Waals surface area contributed by atoms with E-state index in [-0.39, 0.29) is 25.2 Å². The van der Waals surface area contributed by atoms with Gasteiger partial charge in [0, 0.05) is 20.1 Å². The standard InChI is InChI=1S/C11H21NO5/c1-11(2,3)17-6-5-8(10(14)15)12-9(13)7-16-4/h8H,5-7H2,1-4H3,(H,12,13)(H,14,15). The van der Waals surface area contributed by atoms with Crippen LogP contribution in [0.15, 0.2) is 0 Å². The van der Waals surface area contributed by atoms with Crippen LogP contribution in [0.4, 0.5) is 0 Å². The Morgan fingerprint density at radius 1 is 1.35 bits per heavy atom. The molecule has 0 saturated heterocycles. The third-order valence-electron chi connectivity index (χ3n) is 1.85. The molecule has 0 radical (unpaired) electrons. The third kappa shape index (κ3) is 8.65. The molecular weight excluding hydrogens is 226 g/mol. The van der Waals surface area contributed by atoms with Crippen molar-refractivity contribution in [2.75, 3.05) is 20.3 Å². The second kappa shape index (κ2) is 7.24. The van der Waals surface area contributed by atoms with Gasteiger partial charge >= 0.3 is 5.97 Å². The molecule has 0 aliphatic carbocycles. The van der Waals surface area contributed by atoms with E-state index >= 15 is 0 Å². The van der Waals surface area contributed by atoms with Crippen LogP contribution in [0.2, 0.25) is 0 Å². The molecule has 0 aromatic carbocycles. The van der Waals surface area contributed by atoms with Crippen molar-refractivity contribution >= 4 is 11.9 Å². The number of carboxylic acids is 1. The van der Waals surface area contributed by atoms with Crippen molar-refractivity contribution in [3.05, 3.63) is 0 Å². The normalized spacial score (nSPS) is 13.2. The molecule has 0 rings (SSSR count). The molecule has 0 aromatic heterocycles. The van der Waals surface area contributed by atoms with Gasteiger partial charge in [0.2, 0.25) is 5.91 Å². The molecule has 1 unspecified atom stereocenters. The van der Waals surface area contributed by atoms with Gasteiger partial charge in [-0.3, -0.25) is 4.79 Å². The Morgan fingerprint density at radius 3 is 2.35 bits per heavy atom. The van der Waals surface area contributed by atoms with Crippen LogP contribution in [-0.4, -0.2) is 48.9 Å². The van der Waals surface area contributed by atoms with Crippen molar-refractivity contribution in [2.24, 2.45) is 0 Å². The van der Waals surface area contributed by atoms with E-state index in [1.54, 1.807) is 0 Å². The molecule has 0 aliphatic heterocycles. The highest BCUT2D eigenvalue weighted by atomic mass is 16.5. The smallest absolute Gasteiger partial charge is 0.326 e. The first-order valence-corrected chi connectivity index (χ1v) is 5.41. The van der Waals surface area contributed by atoms with E-state index in [2.05, 4.69) is 10.1 Å². The Bertz CT molecular complexity index is 259. The average Bonchev–Trinajstić information content (AvgIpc) is 2.14. The lowest BCUT2D eigenvalue weighted by molar-refractivity contribution is -0.143. The first kappa shape index (κ1) is 15.9. The summed E-state index contributed by atoms with van der Waals surface area (Å²) in [5.74, 6) is -1.53. The average molecular weight is 247 g/mol. The lowest BCUT2D eigenvalue weighted by Gasteiger charge is -2.21. The van der Waals surface area contributed by atoms with Gasteiger partial charge in [0.15, 0.2) is 0 Å². The molecule has 100 valence electrons. The fourth-order valence-electron chi connectivity index (χ4n) is 1.11. The van der Waals surface area contributed by atoms with Crippen LogP contribution in [0, 0.1) is 0 Å². The minimum absolute atomic E-state index is 0.149. The zero-order chi connectivity index (χ0) is 13.5. The van der Waals surface area contributed by atoms with Gasteiger partial charge in [-0.25, -0.2) is 4.79 Å². The summed E-state index contributed by atoms with van der Waals surface area (Å²) in [5, 5.41) is 11.3. The van der Waals surface area contributed by atoms with Gasteiger partial charge in [-0.1, -0.05) is 0 Å². The Balaban J connectivity index is 4.08. The quantitative estimate of drug-likeness (QED) is 0.680. The summed E-state index contributed by atoms with van der Waals surface area (Å²) in [7, 11) is 1.37. The molecule has 6 nitrogen and oxygen atoms in total. The maximum Gasteiger partial charge on any atom is 0.326 e. The zero-order valence-electron chi connectivity index (χ0n) is 10.8. The van der Waals surface area contributed by atoms with E-state index in [4.69, 9.17) is 9.84 Å². The largest absolute Gasteiger partial charge is 0.480 e. The predicted octanol–water partition coefficient (Wildman–Crippen LogP) is 0.407. The number of rotatable bonds is 7. The topological polar surface area (TPSA) is 84.9 Å². The molecule has 0 aliphatic rings. The lowest BCUT2D eigenvalue weighted by Crippen LogP contribution is -2.43. The molecule has 0 fully saturated rings. The summed E-state index contributed by atoms with van der Waals surface area (Å²) in [6, 6.07) is -0.944. The number of carboxylic acid groups (broad SMARTS) is 1. The van der Waals surface area contributed by atoms with Gasteiger partial charge in [0.05, 0.1) is 5.60 Å². The molecule has 17 heavy (non-hydrogen) atoms. The van der Waals surface area contributed by atoms with E-state index in [0.29, 0.717) is 0 Å². The highest BCUT2D eigenvalue weighted by molar-refractivity contribution is 5.84. The molecule has 6 heteroatoms. The van der Waals surface area contributed by atoms with Crippen molar-refractivity contribution in [3.8, 4) is 0 Å². The Hall–Kier alpha value is -1.14. The van der Waals surface area contributed by atoms with Crippen molar-refractivity contribution in [1.29, 1.82) is 0 Å². The molecule has 0 spiro atoms. The summed E-state index contributed by atoms with van der Waals surface area (Å²) in [4.78, 5) is 22.1. The number of hydrogen-bond acceptors (Lipinski definition) is 4. The number of carbonyl (C=O) groups excluding carboxylic acids is 1. The monoisotopic (exact) mass is 247 g/mol. The second-order valence-electron chi connectivity index (χ2n) is 4.64. The molecule has 0 bridgehead atoms. The fourth-order valence-corrected chi connectivity index (χ4v) is 1.11. The van der Waals surface area contributed by atoms with Crippen LogP contribution in [0.5, 0.6) is 0 Å². The van der Waals surface area contributed by atoms with Crippen molar-refractivity contribution in [2.45, 2.75) is 38.8 Å². The Kier molecular flexibility index (Phi) is 6.75. The Labute approximate surface area is 101 Å². The first-order chi connectivity index (χ1) is 7.76. The number of aliphatic carboxylic acids is 1. The molecule has 0 aromatic rings. The van der Waals surface area contributed by atoms with Gasteiger partial charge in [-0.15, -0.1) is 0 Å². The number of amides is 1. The molecule has 0 saturated carbocycles. The zero-order valence-corrected chi connectivity index (χ0v) is 10.8. The maximum atomic E-state index is 11.2. The number of ether oxygens (including phenoxy) is 2. The highest BCUT2D eigenvalue weighted by Gasteiger charge is 2.20. The minimum atomic E-state index is -1.08.